The molecule has 0 bridgehead atoms. The van der Waals surface area contributed by atoms with E-state index in [4.69, 9.17) is 4.74 Å². The summed E-state index contributed by atoms with van der Waals surface area (Å²) in [6.45, 7) is 3.47. The minimum atomic E-state index is -0.255. The van der Waals surface area contributed by atoms with Gasteiger partial charge in [0, 0.05) is 48.3 Å². The number of aromatic nitrogens is 4. The van der Waals surface area contributed by atoms with Gasteiger partial charge in [0.2, 0.25) is 0 Å². The van der Waals surface area contributed by atoms with Gasteiger partial charge in [0.25, 0.3) is 5.91 Å². The zero-order chi connectivity index (χ0) is 23.8. The van der Waals surface area contributed by atoms with Gasteiger partial charge in [0.15, 0.2) is 0 Å². The van der Waals surface area contributed by atoms with E-state index in [1.165, 1.54) is 12.1 Å². The number of carbonyl (C=O) groups is 1. The number of hydrogen-bond acceptors (Lipinski definition) is 5. The maximum Gasteiger partial charge on any atom is 0.252 e. The number of ether oxygens (including phenoxy) is 1. The molecule has 0 radical (unpaired) electrons. The Hall–Kier alpha value is -3.56. The van der Waals surface area contributed by atoms with Crippen LogP contribution in [0.2, 0.25) is 0 Å². The molecule has 2 aliphatic rings. The molecule has 35 heavy (non-hydrogen) atoms. The first-order valence-electron chi connectivity index (χ1n) is 12.0. The normalized spacial score (nSPS) is 19.1. The number of benzene rings is 2. The van der Waals surface area contributed by atoms with Gasteiger partial charge < -0.3 is 15.0 Å². The highest BCUT2D eigenvalue weighted by molar-refractivity contribution is 6.06. The predicted molar refractivity (Wildman–Crippen MR) is 128 cm³/mol. The van der Waals surface area contributed by atoms with Gasteiger partial charge in [-0.25, -0.2) is 9.07 Å². The summed E-state index contributed by atoms with van der Waals surface area (Å²) in [7, 11) is 0. The Morgan fingerprint density at radius 2 is 1.97 bits per heavy atom. The number of carbonyl (C=O) groups excluding carboxylic acids is 1. The SMILES string of the molecule is O=C(NC1CCN(Cc2nnn3c2CO[C@@H](c2ccc(F)cc2)C3)CC1)c1cccc2[nH]ccc12. The first-order valence-corrected chi connectivity index (χ1v) is 12.0. The van der Waals surface area contributed by atoms with Crippen LogP contribution < -0.4 is 5.32 Å². The molecule has 2 N–H and O–H groups in total. The van der Waals surface area contributed by atoms with Gasteiger partial charge in [0.1, 0.15) is 17.6 Å². The van der Waals surface area contributed by atoms with Gasteiger partial charge in [-0.05, 0) is 48.7 Å². The van der Waals surface area contributed by atoms with E-state index in [-0.39, 0.29) is 23.9 Å². The molecule has 2 aromatic heterocycles. The number of nitrogens with one attached hydrogen (secondary N) is 2. The molecule has 0 saturated carbocycles. The maximum atomic E-state index is 13.2. The van der Waals surface area contributed by atoms with Gasteiger partial charge in [-0.3, -0.25) is 9.69 Å². The highest BCUT2D eigenvalue weighted by atomic mass is 19.1. The molecule has 2 aromatic carbocycles. The van der Waals surface area contributed by atoms with Crippen molar-refractivity contribution < 1.29 is 13.9 Å². The topological polar surface area (TPSA) is 88.1 Å². The van der Waals surface area contributed by atoms with E-state index in [9.17, 15) is 9.18 Å². The van der Waals surface area contributed by atoms with E-state index in [0.29, 0.717) is 25.3 Å². The van der Waals surface area contributed by atoms with Gasteiger partial charge in [-0.15, -0.1) is 5.10 Å². The van der Waals surface area contributed by atoms with Crippen molar-refractivity contribution in [1.82, 2.24) is 30.2 Å². The maximum absolute atomic E-state index is 13.2. The van der Waals surface area contributed by atoms with Crippen LogP contribution in [0.15, 0.2) is 54.7 Å². The quantitative estimate of drug-likeness (QED) is 0.462. The number of H-pyrrole nitrogens is 1. The van der Waals surface area contributed by atoms with E-state index in [0.717, 1.165) is 53.8 Å². The van der Waals surface area contributed by atoms with Crippen LogP contribution in [0.3, 0.4) is 0 Å². The van der Waals surface area contributed by atoms with E-state index in [2.05, 4.69) is 25.5 Å². The Morgan fingerprint density at radius 3 is 2.80 bits per heavy atom. The summed E-state index contributed by atoms with van der Waals surface area (Å²) in [6, 6.07) is 14.3. The fourth-order valence-electron chi connectivity index (χ4n) is 5.06. The summed E-state index contributed by atoms with van der Waals surface area (Å²) in [5.41, 5.74) is 4.55. The molecule has 4 aromatic rings. The number of amides is 1. The number of aromatic amines is 1. The number of likely N-dealkylation sites (tertiary alicyclic amines) is 1. The fourth-order valence-corrected chi connectivity index (χ4v) is 5.06. The zero-order valence-corrected chi connectivity index (χ0v) is 19.3. The molecule has 6 rings (SSSR count). The van der Waals surface area contributed by atoms with Crippen LogP contribution in [0.5, 0.6) is 0 Å². The average molecular weight is 475 g/mol. The van der Waals surface area contributed by atoms with Crippen molar-refractivity contribution in [3.8, 4) is 0 Å². The Kier molecular flexibility index (Phi) is 5.79. The lowest BCUT2D eigenvalue weighted by molar-refractivity contribution is -0.00220. The van der Waals surface area contributed by atoms with Crippen LogP contribution in [0.25, 0.3) is 10.9 Å². The Bertz CT molecular complexity index is 1340. The first-order chi connectivity index (χ1) is 17.1. The second-order valence-corrected chi connectivity index (χ2v) is 9.28. The second-order valence-electron chi connectivity index (χ2n) is 9.28. The van der Waals surface area contributed by atoms with Crippen LogP contribution in [0.1, 0.15) is 46.3 Å². The molecular weight excluding hydrogens is 447 g/mol. The minimum absolute atomic E-state index is 0.0196. The molecule has 180 valence electrons. The Labute approximate surface area is 202 Å². The summed E-state index contributed by atoms with van der Waals surface area (Å²) < 4.78 is 21.2. The third-order valence-electron chi connectivity index (χ3n) is 7.06. The molecular formula is C26H27FN6O2. The average Bonchev–Trinajstić information content (AvgIpc) is 3.52. The number of nitrogens with zero attached hydrogens (tertiary/aromatic N) is 4. The number of piperidine rings is 1. The van der Waals surface area contributed by atoms with Crippen molar-refractivity contribution in [3.05, 3.63) is 83.1 Å². The number of halogens is 1. The summed E-state index contributed by atoms with van der Waals surface area (Å²) in [6.07, 6.45) is 3.48. The standard InChI is InChI=1S/C26H27FN6O2/c27-18-6-4-17(5-7-18)25-15-33-24(16-35-25)23(30-31-33)14-32-12-9-19(10-13-32)29-26(34)21-2-1-3-22-20(21)8-11-28-22/h1-8,11,19,25,28H,9-10,12-16H2,(H,29,34)/t25-/m1/s1. The van der Waals surface area contributed by atoms with Crippen LogP contribution >= 0.6 is 0 Å². The Balaban J connectivity index is 1.04. The van der Waals surface area contributed by atoms with E-state index in [1.807, 2.05) is 35.1 Å². The van der Waals surface area contributed by atoms with Crippen molar-refractivity contribution in [2.45, 2.75) is 44.7 Å². The molecule has 1 saturated heterocycles. The lowest BCUT2D eigenvalue weighted by atomic mass is 10.0. The largest absolute Gasteiger partial charge is 0.365 e. The predicted octanol–water partition coefficient (Wildman–Crippen LogP) is 3.56. The van der Waals surface area contributed by atoms with E-state index < -0.39 is 0 Å². The highest BCUT2D eigenvalue weighted by Crippen LogP contribution is 2.28. The summed E-state index contributed by atoms with van der Waals surface area (Å²) in [5.74, 6) is -0.275. The third-order valence-corrected chi connectivity index (χ3v) is 7.06. The lowest BCUT2D eigenvalue weighted by Crippen LogP contribution is -2.44. The molecule has 0 unspecified atom stereocenters. The molecule has 0 spiro atoms. The van der Waals surface area contributed by atoms with E-state index in [1.54, 1.807) is 12.1 Å². The summed E-state index contributed by atoms with van der Waals surface area (Å²) >= 11 is 0. The Morgan fingerprint density at radius 1 is 1.14 bits per heavy atom. The molecule has 2 aliphatic heterocycles. The fraction of sp³-hybridized carbons (Fsp3) is 0.346. The zero-order valence-electron chi connectivity index (χ0n) is 19.3. The molecule has 9 heteroatoms. The van der Waals surface area contributed by atoms with Crippen molar-refractivity contribution in [3.63, 3.8) is 0 Å². The van der Waals surface area contributed by atoms with Crippen LogP contribution in [-0.4, -0.2) is 49.9 Å². The van der Waals surface area contributed by atoms with Crippen molar-refractivity contribution in [1.29, 1.82) is 0 Å². The molecule has 1 fully saturated rings. The molecule has 1 amide bonds. The molecule has 8 nitrogen and oxygen atoms in total. The summed E-state index contributed by atoms with van der Waals surface area (Å²) in [5, 5.41) is 12.9. The number of rotatable bonds is 5. The van der Waals surface area contributed by atoms with Crippen LogP contribution in [-0.2, 0) is 24.4 Å². The minimum Gasteiger partial charge on any atom is -0.365 e. The number of fused-ring (bicyclic) bond motifs is 2. The van der Waals surface area contributed by atoms with Crippen molar-refractivity contribution in [2.75, 3.05) is 13.1 Å². The molecule has 0 aliphatic carbocycles. The third kappa shape index (κ3) is 4.44. The lowest BCUT2D eigenvalue weighted by Gasteiger charge is -2.32. The summed E-state index contributed by atoms with van der Waals surface area (Å²) in [4.78, 5) is 18.4. The second kappa shape index (κ2) is 9.24. The van der Waals surface area contributed by atoms with Gasteiger partial charge in [0.05, 0.1) is 18.8 Å². The van der Waals surface area contributed by atoms with Crippen LogP contribution in [0, 0.1) is 5.82 Å². The molecule has 4 heterocycles. The smallest absolute Gasteiger partial charge is 0.252 e. The molecule has 1 atom stereocenters. The van der Waals surface area contributed by atoms with E-state index >= 15 is 0 Å². The monoisotopic (exact) mass is 474 g/mol. The van der Waals surface area contributed by atoms with Gasteiger partial charge in [-0.1, -0.05) is 23.4 Å². The first kappa shape index (κ1) is 21.9. The highest BCUT2D eigenvalue weighted by Gasteiger charge is 2.27. The van der Waals surface area contributed by atoms with Crippen molar-refractivity contribution >= 4 is 16.8 Å². The van der Waals surface area contributed by atoms with Crippen molar-refractivity contribution in [2.24, 2.45) is 0 Å². The van der Waals surface area contributed by atoms with Gasteiger partial charge >= 0.3 is 0 Å². The van der Waals surface area contributed by atoms with Crippen LogP contribution in [0.4, 0.5) is 4.39 Å². The number of hydrogen-bond donors (Lipinski definition) is 2. The van der Waals surface area contributed by atoms with Gasteiger partial charge in [-0.2, -0.15) is 0 Å².